The molecule has 0 bridgehead atoms. The number of carbonyl (C=O) groups is 1. The molecule has 2 N–H and O–H groups in total. The van der Waals surface area contributed by atoms with Crippen LogP contribution in [0.3, 0.4) is 0 Å². The molecule has 0 unspecified atom stereocenters. The summed E-state index contributed by atoms with van der Waals surface area (Å²) in [7, 11) is 0. The largest absolute Gasteiger partial charge is 0.478 e. The Bertz CT molecular complexity index is 1170. The normalized spacial score (nSPS) is 11.5. The Kier molecular flexibility index (Phi) is 5.58. The number of carboxylic acids is 1. The van der Waals surface area contributed by atoms with Crippen LogP contribution in [0.15, 0.2) is 39.9 Å². The molecule has 3 rings (SSSR count). The van der Waals surface area contributed by atoms with Crippen LogP contribution in [-0.2, 0) is 17.9 Å². The van der Waals surface area contributed by atoms with Gasteiger partial charge in [0.2, 0.25) is 0 Å². The van der Waals surface area contributed by atoms with Gasteiger partial charge >= 0.3 is 11.7 Å². The van der Waals surface area contributed by atoms with Gasteiger partial charge in [0, 0.05) is 24.7 Å². The first-order chi connectivity index (χ1) is 13.5. The molecule has 0 atom stereocenters. The third-order valence-corrected chi connectivity index (χ3v) is 4.33. The zero-order valence-electron chi connectivity index (χ0n) is 15.8. The molecule has 0 amide bonds. The molecule has 8 heteroatoms. The number of H-pyrrole nitrogens is 1. The predicted molar refractivity (Wildman–Crippen MR) is 107 cm³/mol. The molecule has 0 spiro atoms. The van der Waals surface area contributed by atoms with Crippen LogP contribution >= 0.6 is 0 Å². The topological polar surface area (TPSA) is 110 Å². The van der Waals surface area contributed by atoms with Gasteiger partial charge in [0.1, 0.15) is 11.3 Å². The molecule has 3 aromatic rings. The molecule has 0 aliphatic rings. The molecule has 0 aliphatic carbocycles. The number of benzene rings is 1. The number of hydrogen-bond donors (Lipinski definition) is 2. The number of imidazole rings is 1. The number of carboxylic acid groups (broad SMARTS) is 1. The third kappa shape index (κ3) is 3.66. The lowest BCUT2D eigenvalue weighted by Crippen LogP contribution is -2.40. The van der Waals surface area contributed by atoms with Gasteiger partial charge in [-0.05, 0) is 30.5 Å². The average Bonchev–Trinajstić information content (AvgIpc) is 3.13. The fourth-order valence-corrected chi connectivity index (χ4v) is 3.11. The molecule has 2 heterocycles. The van der Waals surface area contributed by atoms with Crippen molar-refractivity contribution in [1.82, 2.24) is 19.1 Å². The minimum absolute atomic E-state index is 0.294. The molecular formula is C20H22N4O4. The highest BCUT2D eigenvalue weighted by Crippen LogP contribution is 2.20. The molecule has 0 saturated heterocycles. The van der Waals surface area contributed by atoms with E-state index in [0.717, 1.165) is 12.5 Å². The molecule has 0 saturated carbocycles. The first-order valence-corrected chi connectivity index (χ1v) is 9.21. The van der Waals surface area contributed by atoms with Crippen molar-refractivity contribution in [2.45, 2.75) is 39.8 Å². The summed E-state index contributed by atoms with van der Waals surface area (Å²) in [5.74, 6) is -0.578. The summed E-state index contributed by atoms with van der Waals surface area (Å²) in [5, 5.41) is 8.79. The molecule has 1 aromatic carbocycles. The Morgan fingerprint density at radius 1 is 1.18 bits per heavy atom. The Morgan fingerprint density at radius 2 is 1.89 bits per heavy atom. The van der Waals surface area contributed by atoms with Crippen molar-refractivity contribution in [3.8, 4) is 11.4 Å². The molecule has 2 aromatic heterocycles. The smallest absolute Gasteiger partial charge is 0.332 e. The fraction of sp³-hybridized carbons (Fsp3) is 0.300. The van der Waals surface area contributed by atoms with Crippen LogP contribution < -0.4 is 11.2 Å². The number of fused-ring (bicyclic) bond motifs is 1. The highest BCUT2D eigenvalue weighted by molar-refractivity contribution is 5.85. The quantitative estimate of drug-likeness (QED) is 0.610. The van der Waals surface area contributed by atoms with Crippen LogP contribution in [-0.4, -0.2) is 30.2 Å². The summed E-state index contributed by atoms with van der Waals surface area (Å²) in [6, 6.07) is 7.12. The van der Waals surface area contributed by atoms with Crippen molar-refractivity contribution < 1.29 is 9.90 Å². The van der Waals surface area contributed by atoms with E-state index in [1.165, 1.54) is 15.2 Å². The maximum absolute atomic E-state index is 12.8. The number of rotatable bonds is 7. The number of nitrogens with zero attached hydrogens (tertiary/aromatic N) is 3. The number of aromatic amines is 1. The van der Waals surface area contributed by atoms with Gasteiger partial charge in [-0.15, -0.1) is 0 Å². The maximum Gasteiger partial charge on any atom is 0.332 e. The van der Waals surface area contributed by atoms with Crippen molar-refractivity contribution in [2.75, 3.05) is 0 Å². The summed E-state index contributed by atoms with van der Waals surface area (Å²) in [6.07, 6.45) is 3.94. The zero-order chi connectivity index (χ0) is 20.3. The predicted octanol–water partition coefficient (Wildman–Crippen LogP) is 2.47. The first kappa shape index (κ1) is 19.3. The fourth-order valence-electron chi connectivity index (χ4n) is 3.11. The third-order valence-electron chi connectivity index (χ3n) is 4.33. The van der Waals surface area contributed by atoms with E-state index in [2.05, 4.69) is 9.97 Å². The first-order valence-electron chi connectivity index (χ1n) is 9.21. The zero-order valence-corrected chi connectivity index (χ0v) is 15.8. The van der Waals surface area contributed by atoms with Gasteiger partial charge in [0.25, 0.3) is 5.56 Å². The Balaban J connectivity index is 2.20. The van der Waals surface area contributed by atoms with Crippen molar-refractivity contribution >= 4 is 23.2 Å². The second kappa shape index (κ2) is 8.08. The van der Waals surface area contributed by atoms with Crippen molar-refractivity contribution in [3.63, 3.8) is 0 Å². The van der Waals surface area contributed by atoms with Crippen LogP contribution in [0.25, 0.3) is 28.6 Å². The molecule has 8 nitrogen and oxygen atoms in total. The van der Waals surface area contributed by atoms with E-state index in [1.807, 2.05) is 19.9 Å². The van der Waals surface area contributed by atoms with Gasteiger partial charge in [0.15, 0.2) is 5.65 Å². The minimum Gasteiger partial charge on any atom is -0.478 e. The van der Waals surface area contributed by atoms with Gasteiger partial charge in [0.05, 0.1) is 0 Å². The summed E-state index contributed by atoms with van der Waals surface area (Å²) in [6.45, 7) is 4.68. The van der Waals surface area contributed by atoms with Gasteiger partial charge < -0.3 is 10.1 Å². The minimum atomic E-state index is -1.03. The van der Waals surface area contributed by atoms with E-state index in [4.69, 9.17) is 5.11 Å². The van der Waals surface area contributed by atoms with E-state index < -0.39 is 5.97 Å². The van der Waals surface area contributed by atoms with E-state index in [0.29, 0.717) is 47.6 Å². The van der Waals surface area contributed by atoms with Crippen molar-refractivity contribution in [2.24, 2.45) is 0 Å². The Labute approximate surface area is 160 Å². The van der Waals surface area contributed by atoms with Gasteiger partial charge in [-0.25, -0.2) is 14.6 Å². The summed E-state index contributed by atoms with van der Waals surface area (Å²) < 4.78 is 2.77. The van der Waals surface area contributed by atoms with Gasteiger partial charge in [-0.3, -0.25) is 13.9 Å². The molecular weight excluding hydrogens is 360 g/mol. The molecule has 0 radical (unpaired) electrons. The number of aryl methyl sites for hydroxylation is 1. The van der Waals surface area contributed by atoms with E-state index in [1.54, 1.807) is 18.2 Å². The average molecular weight is 382 g/mol. The summed E-state index contributed by atoms with van der Waals surface area (Å²) >= 11 is 0. The second-order valence-electron chi connectivity index (χ2n) is 6.47. The summed E-state index contributed by atoms with van der Waals surface area (Å²) in [4.78, 5) is 43.8. The molecule has 0 aliphatic heterocycles. The maximum atomic E-state index is 12.8. The lowest BCUT2D eigenvalue weighted by atomic mass is 10.1. The Hall–Kier alpha value is -3.42. The van der Waals surface area contributed by atoms with E-state index >= 15 is 0 Å². The van der Waals surface area contributed by atoms with Crippen LogP contribution in [0, 0.1) is 0 Å². The van der Waals surface area contributed by atoms with Crippen LogP contribution in [0.4, 0.5) is 0 Å². The SMILES string of the molecule is CCCn1c(=O)c2[nH]c(-c3cccc(/C=C/C(=O)O)c3)nc2n(CCC)c1=O. The Morgan fingerprint density at radius 3 is 2.57 bits per heavy atom. The second-order valence-corrected chi connectivity index (χ2v) is 6.47. The summed E-state index contributed by atoms with van der Waals surface area (Å²) in [5.41, 5.74) is 1.29. The van der Waals surface area contributed by atoms with E-state index in [9.17, 15) is 14.4 Å². The highest BCUT2D eigenvalue weighted by atomic mass is 16.4. The van der Waals surface area contributed by atoms with Crippen LogP contribution in [0.2, 0.25) is 0 Å². The number of aromatic nitrogens is 4. The lowest BCUT2D eigenvalue weighted by molar-refractivity contribution is -0.131. The van der Waals surface area contributed by atoms with E-state index in [-0.39, 0.29) is 11.2 Å². The highest BCUT2D eigenvalue weighted by Gasteiger charge is 2.17. The standard InChI is InChI=1S/C20H22N4O4/c1-3-10-23-18-16(19(27)24(11-4-2)20(23)28)21-17(22-18)14-7-5-6-13(12-14)8-9-15(25)26/h5-9,12H,3-4,10-11H2,1-2H3,(H,21,22)(H,25,26)/b9-8+. The lowest BCUT2D eigenvalue weighted by Gasteiger charge is -2.09. The van der Waals surface area contributed by atoms with Crippen LogP contribution in [0.5, 0.6) is 0 Å². The van der Waals surface area contributed by atoms with Crippen LogP contribution in [0.1, 0.15) is 32.3 Å². The van der Waals surface area contributed by atoms with Crippen molar-refractivity contribution in [1.29, 1.82) is 0 Å². The van der Waals surface area contributed by atoms with Gasteiger partial charge in [-0.2, -0.15) is 0 Å². The van der Waals surface area contributed by atoms with Gasteiger partial charge in [-0.1, -0.05) is 32.0 Å². The van der Waals surface area contributed by atoms with Crippen molar-refractivity contribution in [3.05, 3.63) is 56.7 Å². The monoisotopic (exact) mass is 382 g/mol. The number of hydrogen-bond acceptors (Lipinski definition) is 4. The number of nitrogens with one attached hydrogen (secondary N) is 1. The number of aliphatic carboxylic acids is 1. The molecule has 146 valence electrons. The molecule has 0 fully saturated rings. The molecule has 28 heavy (non-hydrogen) atoms.